The van der Waals surface area contributed by atoms with Crippen LogP contribution >= 0.6 is 0 Å². The van der Waals surface area contributed by atoms with E-state index in [2.05, 4.69) is 10.2 Å². The van der Waals surface area contributed by atoms with Crippen molar-refractivity contribution < 1.29 is 24.4 Å². The van der Waals surface area contributed by atoms with Gasteiger partial charge in [0.1, 0.15) is 12.7 Å². The van der Waals surface area contributed by atoms with Gasteiger partial charge in [0.05, 0.1) is 25.9 Å². The lowest BCUT2D eigenvalue weighted by atomic mass is 9.91. The second-order valence-electron chi connectivity index (χ2n) is 9.46. The third-order valence-corrected chi connectivity index (χ3v) is 6.48. The molecule has 1 aliphatic heterocycles. The zero-order valence-corrected chi connectivity index (χ0v) is 20.0. The first kappa shape index (κ1) is 25.2. The molecule has 0 amide bonds. The highest BCUT2D eigenvalue weighted by Crippen LogP contribution is 2.30. The molecule has 0 spiro atoms. The molecule has 3 rings (SSSR count). The fraction of sp³-hybridized carbons (Fsp3) is 0.760. The van der Waals surface area contributed by atoms with Crippen molar-refractivity contribution in [3.8, 4) is 11.5 Å². The zero-order chi connectivity index (χ0) is 22.9. The number of β-amino-alcohol motifs (C(OH)–C–C–N with tert-alkyl or cyclic N) is 1. The molecule has 0 bridgehead atoms. The van der Waals surface area contributed by atoms with Crippen LogP contribution in [0.5, 0.6) is 11.5 Å². The molecule has 4 atom stereocenters. The van der Waals surface area contributed by atoms with Crippen molar-refractivity contribution >= 4 is 0 Å². The summed E-state index contributed by atoms with van der Waals surface area (Å²) in [6.45, 7) is 7.23. The molecule has 1 aromatic rings. The molecule has 1 saturated carbocycles. The third-order valence-electron chi connectivity index (χ3n) is 6.48. The third kappa shape index (κ3) is 7.59. The summed E-state index contributed by atoms with van der Waals surface area (Å²) in [5.74, 6) is 1.31. The van der Waals surface area contributed by atoms with Gasteiger partial charge in [0.2, 0.25) is 0 Å². The number of benzene rings is 1. The maximum absolute atomic E-state index is 10.1. The summed E-state index contributed by atoms with van der Waals surface area (Å²) in [4.78, 5) is 2.43. The van der Waals surface area contributed by atoms with Crippen molar-refractivity contribution in [3.05, 3.63) is 23.8 Å². The minimum Gasteiger partial charge on any atom is -0.493 e. The van der Waals surface area contributed by atoms with Gasteiger partial charge >= 0.3 is 0 Å². The summed E-state index contributed by atoms with van der Waals surface area (Å²) in [5.41, 5.74) is 1.14. The summed E-state index contributed by atoms with van der Waals surface area (Å²) < 4.78 is 17.6. The molecule has 2 fully saturated rings. The number of hydrogen-bond acceptors (Lipinski definition) is 7. The highest BCUT2D eigenvalue weighted by Gasteiger charge is 2.34. The molecule has 1 aliphatic carbocycles. The molecule has 182 valence electrons. The van der Waals surface area contributed by atoms with Crippen molar-refractivity contribution in [2.75, 3.05) is 40.0 Å². The Hall–Kier alpha value is -1.38. The van der Waals surface area contributed by atoms with Crippen LogP contribution in [0.2, 0.25) is 0 Å². The van der Waals surface area contributed by atoms with E-state index in [1.54, 1.807) is 7.11 Å². The normalized spacial score (nSPS) is 25.2. The number of methoxy groups -OCH3 is 1. The fourth-order valence-corrected chi connectivity index (χ4v) is 4.69. The van der Waals surface area contributed by atoms with E-state index in [-0.39, 0.29) is 18.8 Å². The summed E-state index contributed by atoms with van der Waals surface area (Å²) in [6.07, 6.45) is 5.91. The number of rotatable bonds is 12. The van der Waals surface area contributed by atoms with Crippen molar-refractivity contribution in [3.63, 3.8) is 0 Å². The Kier molecular flexibility index (Phi) is 10.1. The van der Waals surface area contributed by atoms with Gasteiger partial charge in [0.25, 0.3) is 0 Å². The predicted octanol–water partition coefficient (Wildman–Crippen LogP) is 2.37. The molecular weight excluding hydrogens is 408 g/mol. The van der Waals surface area contributed by atoms with E-state index in [9.17, 15) is 10.2 Å². The Morgan fingerprint density at radius 3 is 2.69 bits per heavy atom. The van der Waals surface area contributed by atoms with E-state index < -0.39 is 6.10 Å². The van der Waals surface area contributed by atoms with Crippen LogP contribution in [0.4, 0.5) is 0 Å². The first-order valence-corrected chi connectivity index (χ1v) is 12.2. The van der Waals surface area contributed by atoms with Crippen LogP contribution in [-0.2, 0) is 11.2 Å². The number of aliphatic hydroxyl groups excluding tert-OH is 2. The second kappa shape index (κ2) is 12.8. The summed E-state index contributed by atoms with van der Waals surface area (Å²) >= 11 is 0. The summed E-state index contributed by atoms with van der Waals surface area (Å²) in [6, 6.07) is 6.70. The standard InChI is InChI=1S/C25H42N2O5/c1-18(2)26-15-21(29)17-32-24-9-8-19(14-25(24)30-3)11-13-31-23-7-5-4-6-22(23)27-12-10-20(28)16-27/h8-9,14,18,20-23,26,28-29H,4-7,10-13,15-17H2,1-3H3/t20?,21?,22-,23-/m0/s1. The minimum atomic E-state index is -0.574. The molecule has 1 heterocycles. The average Bonchev–Trinajstić information content (AvgIpc) is 3.23. The van der Waals surface area contributed by atoms with Crippen LogP contribution in [0.1, 0.15) is 51.5 Å². The maximum atomic E-state index is 10.1. The van der Waals surface area contributed by atoms with Crippen LogP contribution in [-0.4, -0.2) is 85.5 Å². The van der Waals surface area contributed by atoms with E-state index in [1.165, 1.54) is 12.8 Å². The Morgan fingerprint density at radius 1 is 1.16 bits per heavy atom. The number of ether oxygens (including phenoxy) is 3. The SMILES string of the molecule is COc1cc(CCO[C@H]2CCCC[C@@H]2N2CCC(O)C2)ccc1OCC(O)CNC(C)C. The molecule has 1 aromatic carbocycles. The second-order valence-corrected chi connectivity index (χ2v) is 9.46. The number of likely N-dealkylation sites (tertiary alicyclic amines) is 1. The fourth-order valence-electron chi connectivity index (χ4n) is 4.69. The molecule has 0 aromatic heterocycles. The van der Waals surface area contributed by atoms with E-state index in [0.29, 0.717) is 36.7 Å². The number of nitrogens with zero attached hydrogens (tertiary/aromatic N) is 1. The molecular formula is C25H42N2O5. The van der Waals surface area contributed by atoms with Crippen LogP contribution in [0.3, 0.4) is 0 Å². The van der Waals surface area contributed by atoms with Crippen molar-refractivity contribution in [1.29, 1.82) is 0 Å². The highest BCUT2D eigenvalue weighted by atomic mass is 16.5. The quantitative estimate of drug-likeness (QED) is 0.451. The van der Waals surface area contributed by atoms with Crippen molar-refractivity contribution in [1.82, 2.24) is 10.2 Å². The van der Waals surface area contributed by atoms with Gasteiger partial charge in [-0.1, -0.05) is 32.8 Å². The van der Waals surface area contributed by atoms with Crippen LogP contribution in [0.15, 0.2) is 18.2 Å². The van der Waals surface area contributed by atoms with Crippen molar-refractivity contribution in [2.45, 2.75) is 82.8 Å². The van der Waals surface area contributed by atoms with Gasteiger partial charge < -0.3 is 29.7 Å². The van der Waals surface area contributed by atoms with Gasteiger partial charge in [-0.05, 0) is 43.4 Å². The highest BCUT2D eigenvalue weighted by molar-refractivity contribution is 5.43. The largest absolute Gasteiger partial charge is 0.493 e. The van der Waals surface area contributed by atoms with Gasteiger partial charge in [0.15, 0.2) is 11.5 Å². The molecule has 7 nitrogen and oxygen atoms in total. The predicted molar refractivity (Wildman–Crippen MR) is 126 cm³/mol. The van der Waals surface area contributed by atoms with E-state index in [0.717, 1.165) is 44.3 Å². The van der Waals surface area contributed by atoms with Gasteiger partial charge in [-0.25, -0.2) is 0 Å². The van der Waals surface area contributed by atoms with Gasteiger partial charge in [-0.15, -0.1) is 0 Å². The molecule has 1 saturated heterocycles. The molecule has 0 radical (unpaired) electrons. The Balaban J connectivity index is 1.47. The van der Waals surface area contributed by atoms with Crippen LogP contribution in [0.25, 0.3) is 0 Å². The summed E-state index contributed by atoms with van der Waals surface area (Å²) in [7, 11) is 1.64. The monoisotopic (exact) mass is 450 g/mol. The number of hydrogen-bond donors (Lipinski definition) is 3. The first-order chi connectivity index (χ1) is 15.5. The minimum absolute atomic E-state index is 0.182. The topological polar surface area (TPSA) is 83.4 Å². The molecule has 2 aliphatic rings. The van der Waals surface area contributed by atoms with E-state index >= 15 is 0 Å². The van der Waals surface area contributed by atoms with Gasteiger partial charge in [-0.2, -0.15) is 0 Å². The molecule has 7 heteroatoms. The van der Waals surface area contributed by atoms with Gasteiger partial charge in [0, 0.05) is 31.7 Å². The first-order valence-electron chi connectivity index (χ1n) is 12.2. The van der Waals surface area contributed by atoms with Crippen LogP contribution < -0.4 is 14.8 Å². The van der Waals surface area contributed by atoms with E-state index in [1.807, 2.05) is 32.0 Å². The van der Waals surface area contributed by atoms with Gasteiger partial charge in [-0.3, -0.25) is 4.90 Å². The maximum Gasteiger partial charge on any atom is 0.161 e. The van der Waals surface area contributed by atoms with E-state index in [4.69, 9.17) is 14.2 Å². The zero-order valence-electron chi connectivity index (χ0n) is 20.0. The number of aliphatic hydroxyl groups is 2. The number of nitrogens with one attached hydrogen (secondary N) is 1. The Morgan fingerprint density at radius 2 is 1.97 bits per heavy atom. The summed E-state index contributed by atoms with van der Waals surface area (Å²) in [5, 5.41) is 23.2. The average molecular weight is 451 g/mol. The lowest BCUT2D eigenvalue weighted by Gasteiger charge is -2.37. The molecule has 32 heavy (non-hydrogen) atoms. The Bertz CT molecular complexity index is 686. The molecule has 3 N–H and O–H groups in total. The smallest absolute Gasteiger partial charge is 0.161 e. The molecule has 2 unspecified atom stereocenters. The Labute approximate surface area is 193 Å². The lowest BCUT2D eigenvalue weighted by molar-refractivity contribution is -0.0316. The van der Waals surface area contributed by atoms with Crippen LogP contribution in [0, 0.1) is 0 Å². The van der Waals surface area contributed by atoms with Crippen molar-refractivity contribution in [2.24, 2.45) is 0 Å². The lowest BCUT2D eigenvalue weighted by Crippen LogP contribution is -2.46.